The van der Waals surface area contributed by atoms with E-state index in [1.165, 1.54) is 11.1 Å². The van der Waals surface area contributed by atoms with Crippen molar-refractivity contribution in [3.8, 4) is 0 Å². The van der Waals surface area contributed by atoms with Crippen LogP contribution in [0.1, 0.15) is 25.0 Å². The number of benzene rings is 1. The molecule has 0 bridgehead atoms. The van der Waals surface area contributed by atoms with E-state index in [0.29, 0.717) is 0 Å². The standard InChI is InChI=1S/C14H19O4P/c1-14(2,13(15)9-19(16,17)18)12-7-10-5-3-4-6-11(10)8-12/h3-6,12H,7-9H2,1-2H3,(H2,16,17,18). The first-order valence-electron chi connectivity index (χ1n) is 6.35. The SMILES string of the molecule is CC(C)(C(=O)CP(=O)(O)O)C1Cc2ccccc2C1. The van der Waals surface area contributed by atoms with Gasteiger partial charge in [0, 0.05) is 5.41 Å². The number of carbonyl (C=O) groups excluding carboxylic acids is 1. The largest absolute Gasteiger partial charge is 0.332 e. The molecule has 0 fully saturated rings. The van der Waals surface area contributed by atoms with E-state index in [9.17, 15) is 9.36 Å². The van der Waals surface area contributed by atoms with Crippen molar-refractivity contribution in [2.45, 2.75) is 26.7 Å². The van der Waals surface area contributed by atoms with Crippen LogP contribution in [0.2, 0.25) is 0 Å². The second kappa shape index (κ2) is 4.86. The molecule has 19 heavy (non-hydrogen) atoms. The predicted octanol–water partition coefficient (Wildman–Crippen LogP) is 2.17. The molecule has 1 aliphatic carbocycles. The number of Topliss-reactive ketones (excluding diaryl/α,β-unsaturated/α-hetero) is 1. The van der Waals surface area contributed by atoms with E-state index in [1.807, 2.05) is 12.1 Å². The molecule has 1 aromatic carbocycles. The van der Waals surface area contributed by atoms with E-state index in [1.54, 1.807) is 13.8 Å². The van der Waals surface area contributed by atoms with Gasteiger partial charge >= 0.3 is 7.60 Å². The molecule has 5 heteroatoms. The highest BCUT2D eigenvalue weighted by molar-refractivity contribution is 7.52. The minimum atomic E-state index is -4.28. The monoisotopic (exact) mass is 282 g/mol. The normalized spacial score (nSPS) is 16.4. The number of rotatable bonds is 4. The molecule has 1 aromatic rings. The number of ketones is 1. The molecule has 104 valence electrons. The summed E-state index contributed by atoms with van der Waals surface area (Å²) in [4.78, 5) is 30.0. The summed E-state index contributed by atoms with van der Waals surface area (Å²) in [6.45, 7) is 3.59. The third-order valence-corrected chi connectivity index (χ3v) is 4.84. The summed E-state index contributed by atoms with van der Waals surface area (Å²) in [6, 6.07) is 8.06. The lowest BCUT2D eigenvalue weighted by Gasteiger charge is -2.30. The summed E-state index contributed by atoms with van der Waals surface area (Å²) >= 11 is 0. The maximum Gasteiger partial charge on any atom is 0.332 e. The van der Waals surface area contributed by atoms with Crippen LogP contribution in [0.3, 0.4) is 0 Å². The Morgan fingerprint density at radius 1 is 1.26 bits per heavy atom. The molecule has 0 atom stereocenters. The van der Waals surface area contributed by atoms with Crippen molar-refractivity contribution >= 4 is 13.4 Å². The summed E-state index contributed by atoms with van der Waals surface area (Å²) in [6.07, 6.45) is 0.943. The van der Waals surface area contributed by atoms with E-state index in [4.69, 9.17) is 9.79 Å². The zero-order valence-corrected chi connectivity index (χ0v) is 12.1. The third-order valence-electron chi connectivity index (χ3n) is 4.14. The van der Waals surface area contributed by atoms with Crippen molar-refractivity contribution in [3.05, 3.63) is 35.4 Å². The van der Waals surface area contributed by atoms with E-state index in [-0.39, 0.29) is 11.7 Å². The van der Waals surface area contributed by atoms with Gasteiger partial charge in [0.25, 0.3) is 0 Å². The Morgan fingerprint density at radius 2 is 1.74 bits per heavy atom. The fourth-order valence-corrected chi connectivity index (χ4v) is 3.47. The number of fused-ring (bicyclic) bond motifs is 1. The molecular formula is C14H19O4P. The van der Waals surface area contributed by atoms with Crippen LogP contribution in [0.4, 0.5) is 0 Å². The van der Waals surface area contributed by atoms with E-state index in [2.05, 4.69) is 12.1 Å². The molecule has 0 aromatic heterocycles. The highest BCUT2D eigenvalue weighted by Gasteiger charge is 2.41. The Labute approximate surface area is 113 Å². The van der Waals surface area contributed by atoms with Gasteiger partial charge in [0.1, 0.15) is 6.16 Å². The van der Waals surface area contributed by atoms with Crippen LogP contribution >= 0.6 is 7.60 Å². The lowest BCUT2D eigenvalue weighted by molar-refractivity contribution is -0.127. The zero-order valence-electron chi connectivity index (χ0n) is 11.2. The van der Waals surface area contributed by atoms with Gasteiger partial charge in [-0.2, -0.15) is 0 Å². The topological polar surface area (TPSA) is 74.6 Å². The molecule has 0 radical (unpaired) electrons. The van der Waals surface area contributed by atoms with Crippen molar-refractivity contribution in [1.29, 1.82) is 0 Å². The van der Waals surface area contributed by atoms with Crippen molar-refractivity contribution in [1.82, 2.24) is 0 Å². The molecule has 1 aliphatic rings. The summed E-state index contributed by atoms with van der Waals surface area (Å²) in [5.74, 6) is -0.234. The molecule has 0 aliphatic heterocycles. The van der Waals surface area contributed by atoms with Crippen molar-refractivity contribution < 1.29 is 19.1 Å². The molecule has 0 saturated carbocycles. The van der Waals surface area contributed by atoms with Gasteiger partial charge in [0.2, 0.25) is 0 Å². The molecule has 0 spiro atoms. The second-order valence-electron chi connectivity index (χ2n) is 5.84. The third kappa shape index (κ3) is 3.14. The first kappa shape index (κ1) is 14.4. The van der Waals surface area contributed by atoms with Gasteiger partial charge in [0.05, 0.1) is 0 Å². The Kier molecular flexibility index (Phi) is 3.69. The molecule has 4 nitrogen and oxygen atoms in total. The Balaban J connectivity index is 2.15. The zero-order chi connectivity index (χ0) is 14.3. The summed E-state index contributed by atoms with van der Waals surface area (Å²) in [5, 5.41) is 0. The van der Waals surface area contributed by atoms with Crippen LogP contribution < -0.4 is 0 Å². The second-order valence-corrected chi connectivity index (χ2v) is 7.49. The minimum Gasteiger partial charge on any atom is -0.324 e. The molecule has 2 N–H and O–H groups in total. The van der Waals surface area contributed by atoms with Crippen LogP contribution in [0.5, 0.6) is 0 Å². The van der Waals surface area contributed by atoms with E-state index < -0.39 is 19.2 Å². The van der Waals surface area contributed by atoms with E-state index >= 15 is 0 Å². The van der Waals surface area contributed by atoms with Crippen molar-refractivity contribution in [3.63, 3.8) is 0 Å². The van der Waals surface area contributed by atoms with Crippen molar-refractivity contribution in [2.24, 2.45) is 11.3 Å². The predicted molar refractivity (Wildman–Crippen MR) is 73.0 cm³/mol. The first-order valence-corrected chi connectivity index (χ1v) is 8.14. The molecule has 2 rings (SSSR count). The van der Waals surface area contributed by atoms with Gasteiger partial charge < -0.3 is 9.79 Å². The number of carbonyl (C=O) groups is 1. The molecule has 0 saturated heterocycles. The molecule has 0 unspecified atom stereocenters. The van der Waals surface area contributed by atoms with Gasteiger partial charge in [-0.1, -0.05) is 38.1 Å². The van der Waals surface area contributed by atoms with Gasteiger partial charge in [-0.05, 0) is 29.9 Å². The van der Waals surface area contributed by atoms with Gasteiger partial charge in [-0.3, -0.25) is 9.36 Å². The number of hydrogen-bond acceptors (Lipinski definition) is 2. The Bertz CT molecular complexity index is 519. The lowest BCUT2D eigenvalue weighted by Crippen LogP contribution is -2.35. The molecular weight excluding hydrogens is 263 g/mol. The molecule has 0 heterocycles. The average Bonchev–Trinajstić information content (AvgIpc) is 2.70. The first-order chi connectivity index (χ1) is 8.70. The Morgan fingerprint density at radius 3 is 2.16 bits per heavy atom. The highest BCUT2D eigenvalue weighted by Crippen LogP contribution is 2.43. The summed E-state index contributed by atoms with van der Waals surface area (Å²) < 4.78 is 11.0. The fraction of sp³-hybridized carbons (Fsp3) is 0.500. The lowest BCUT2D eigenvalue weighted by atomic mass is 9.74. The van der Waals surface area contributed by atoms with Crippen LogP contribution in [0, 0.1) is 11.3 Å². The summed E-state index contributed by atoms with van der Waals surface area (Å²) in [5.41, 5.74) is 1.77. The minimum absolute atomic E-state index is 0.115. The van der Waals surface area contributed by atoms with Crippen LogP contribution in [0.25, 0.3) is 0 Å². The quantitative estimate of drug-likeness (QED) is 0.830. The maximum atomic E-state index is 12.1. The van der Waals surface area contributed by atoms with Crippen LogP contribution in [0.15, 0.2) is 24.3 Å². The number of hydrogen-bond donors (Lipinski definition) is 2. The van der Waals surface area contributed by atoms with Gasteiger partial charge in [-0.25, -0.2) is 0 Å². The smallest absolute Gasteiger partial charge is 0.324 e. The van der Waals surface area contributed by atoms with Crippen LogP contribution in [-0.2, 0) is 22.2 Å². The fourth-order valence-electron chi connectivity index (χ4n) is 2.69. The summed E-state index contributed by atoms with van der Waals surface area (Å²) in [7, 11) is -4.28. The van der Waals surface area contributed by atoms with E-state index in [0.717, 1.165) is 12.8 Å². The Hall–Kier alpha value is -0.960. The maximum absolute atomic E-state index is 12.1. The molecule has 0 amide bonds. The highest BCUT2D eigenvalue weighted by atomic mass is 31.2. The average molecular weight is 282 g/mol. The van der Waals surface area contributed by atoms with Crippen molar-refractivity contribution in [2.75, 3.05) is 6.16 Å². The van der Waals surface area contributed by atoms with Gasteiger partial charge in [0.15, 0.2) is 5.78 Å². The van der Waals surface area contributed by atoms with Gasteiger partial charge in [-0.15, -0.1) is 0 Å². The van der Waals surface area contributed by atoms with Crippen LogP contribution in [-0.4, -0.2) is 21.7 Å².